The highest BCUT2D eigenvalue weighted by Crippen LogP contribution is 1.70. The van der Waals surface area contributed by atoms with E-state index in [-0.39, 0.29) is 0 Å². The first-order valence-corrected chi connectivity index (χ1v) is 1.61. The molecule has 0 aliphatic carbocycles. The Morgan fingerprint density at radius 1 is 2.00 bits per heavy atom. The van der Waals surface area contributed by atoms with E-state index in [1.807, 2.05) is 5.53 Å². The van der Waals surface area contributed by atoms with Crippen LogP contribution in [0.3, 0.4) is 0 Å². The summed E-state index contributed by atoms with van der Waals surface area (Å²) < 4.78 is 0.792. The van der Waals surface area contributed by atoms with Gasteiger partial charge in [0.2, 0.25) is 6.41 Å². The van der Waals surface area contributed by atoms with Crippen molar-refractivity contribution in [3.8, 4) is 0 Å². The SMILES string of the molecule is NNN(S)C=O. The molecule has 0 rings (SSSR count). The molecule has 0 fully saturated rings. The summed E-state index contributed by atoms with van der Waals surface area (Å²) in [5.74, 6) is 4.65. The van der Waals surface area contributed by atoms with Gasteiger partial charge in [-0.3, -0.25) is 10.6 Å². The Balaban J connectivity index is 2.96. The smallest absolute Gasteiger partial charge is 0.235 e. The van der Waals surface area contributed by atoms with Gasteiger partial charge in [-0.1, -0.05) is 0 Å². The molecule has 0 aliphatic rings. The second-order valence-electron chi connectivity index (χ2n) is 0.579. The molecule has 3 N–H and O–H groups in total. The van der Waals surface area contributed by atoms with Crippen LogP contribution >= 0.6 is 12.8 Å². The summed E-state index contributed by atoms with van der Waals surface area (Å²) in [7, 11) is 0. The van der Waals surface area contributed by atoms with Crippen LogP contribution in [-0.2, 0) is 4.79 Å². The Bertz CT molecular complexity index is 48.1. The van der Waals surface area contributed by atoms with Crippen molar-refractivity contribution in [1.82, 2.24) is 9.95 Å². The van der Waals surface area contributed by atoms with Gasteiger partial charge in [0, 0.05) is 0 Å². The zero-order chi connectivity index (χ0) is 4.99. The summed E-state index contributed by atoms with van der Waals surface area (Å²) in [6.07, 6.45) is 0.434. The van der Waals surface area contributed by atoms with Crippen molar-refractivity contribution in [2.45, 2.75) is 0 Å². The number of rotatable bonds is 2. The number of thiol groups is 1. The van der Waals surface area contributed by atoms with E-state index in [9.17, 15) is 4.79 Å². The second kappa shape index (κ2) is 2.95. The molecular formula is CH5N3OS. The molecule has 0 atom stereocenters. The summed E-state index contributed by atoms with van der Waals surface area (Å²) in [5.41, 5.74) is 1.94. The van der Waals surface area contributed by atoms with Crippen LogP contribution < -0.4 is 11.4 Å². The molecule has 0 saturated carbocycles. The number of amides is 1. The van der Waals surface area contributed by atoms with Crippen LogP contribution in [0.25, 0.3) is 0 Å². The standard InChI is InChI=1S/CH5N3OS/c2-3-4(6)1-5/h1,3,6H,2H2. The number of hydrogen-bond acceptors (Lipinski definition) is 4. The van der Waals surface area contributed by atoms with E-state index in [2.05, 4.69) is 18.7 Å². The number of nitrogens with one attached hydrogen (secondary N) is 1. The summed E-state index contributed by atoms with van der Waals surface area (Å²) in [6.45, 7) is 0. The summed E-state index contributed by atoms with van der Waals surface area (Å²) >= 11 is 3.46. The van der Waals surface area contributed by atoms with Gasteiger partial charge < -0.3 is 0 Å². The quantitative estimate of drug-likeness (QED) is 0.177. The predicted molar refractivity (Wildman–Crippen MR) is 24.2 cm³/mol. The fourth-order valence-corrected chi connectivity index (χ4v) is 0.0304. The van der Waals surface area contributed by atoms with Crippen LogP contribution in [0.15, 0.2) is 0 Å². The fourth-order valence-electron chi connectivity index (χ4n) is 0.0304. The lowest BCUT2D eigenvalue weighted by molar-refractivity contribution is -0.115. The third kappa shape index (κ3) is 2.01. The first-order valence-electron chi connectivity index (χ1n) is 1.21. The monoisotopic (exact) mass is 107 g/mol. The highest BCUT2D eigenvalue weighted by molar-refractivity contribution is 7.78. The van der Waals surface area contributed by atoms with Crippen molar-refractivity contribution in [3.63, 3.8) is 0 Å². The molecule has 0 saturated heterocycles. The summed E-state index contributed by atoms with van der Waals surface area (Å²) in [4.78, 5) is 9.44. The van der Waals surface area contributed by atoms with Crippen molar-refractivity contribution in [2.24, 2.45) is 5.84 Å². The molecule has 0 aromatic rings. The minimum atomic E-state index is 0.434. The minimum Gasteiger partial charge on any atom is -0.276 e. The largest absolute Gasteiger partial charge is 0.276 e. The minimum absolute atomic E-state index is 0.434. The number of carbonyl (C=O) groups is 1. The van der Waals surface area contributed by atoms with Gasteiger partial charge in [0.1, 0.15) is 0 Å². The Labute approximate surface area is 40.8 Å². The number of hydrazine groups is 2. The Morgan fingerprint density at radius 3 is 2.50 bits per heavy atom. The molecule has 0 spiro atoms. The maximum Gasteiger partial charge on any atom is 0.235 e. The number of carbonyl (C=O) groups excluding carboxylic acids is 1. The topological polar surface area (TPSA) is 58.4 Å². The predicted octanol–water partition coefficient (Wildman–Crippen LogP) is -1.33. The lowest BCUT2D eigenvalue weighted by atomic mass is 11.4. The highest BCUT2D eigenvalue weighted by atomic mass is 32.1. The first kappa shape index (κ1) is 5.74. The van der Waals surface area contributed by atoms with E-state index in [0.717, 1.165) is 4.41 Å². The Morgan fingerprint density at radius 2 is 2.50 bits per heavy atom. The first-order chi connectivity index (χ1) is 2.81. The van der Waals surface area contributed by atoms with E-state index < -0.39 is 0 Å². The van der Waals surface area contributed by atoms with Crippen LogP contribution in [0.1, 0.15) is 0 Å². The molecule has 0 heterocycles. The number of hydrogen-bond donors (Lipinski definition) is 3. The van der Waals surface area contributed by atoms with Crippen molar-refractivity contribution in [3.05, 3.63) is 0 Å². The molecule has 0 aromatic carbocycles. The van der Waals surface area contributed by atoms with Crippen LogP contribution in [-0.4, -0.2) is 10.8 Å². The molecule has 0 aromatic heterocycles. The van der Waals surface area contributed by atoms with E-state index >= 15 is 0 Å². The van der Waals surface area contributed by atoms with Crippen molar-refractivity contribution >= 4 is 19.2 Å². The van der Waals surface area contributed by atoms with Gasteiger partial charge in [0.25, 0.3) is 0 Å². The van der Waals surface area contributed by atoms with E-state index in [4.69, 9.17) is 0 Å². The zero-order valence-corrected chi connectivity index (χ0v) is 3.85. The maximum atomic E-state index is 9.44. The van der Waals surface area contributed by atoms with Gasteiger partial charge in [0.15, 0.2) is 0 Å². The average Bonchev–Trinajstić information content (AvgIpc) is 1.65. The summed E-state index contributed by atoms with van der Waals surface area (Å²) in [6, 6.07) is 0. The van der Waals surface area contributed by atoms with Gasteiger partial charge in [-0.2, -0.15) is 5.53 Å². The average molecular weight is 107 g/mol. The second-order valence-corrected chi connectivity index (χ2v) is 1.01. The molecule has 0 aliphatic heterocycles. The lowest BCUT2D eigenvalue weighted by Gasteiger charge is -2.01. The number of nitrogens with two attached hydrogens (primary N) is 1. The highest BCUT2D eigenvalue weighted by Gasteiger charge is 1.79. The van der Waals surface area contributed by atoms with Crippen molar-refractivity contribution in [2.75, 3.05) is 0 Å². The molecule has 1 amide bonds. The third-order valence-corrected chi connectivity index (χ3v) is 0.442. The van der Waals surface area contributed by atoms with Crippen LogP contribution in [0.5, 0.6) is 0 Å². The number of nitrogens with zero attached hydrogens (tertiary/aromatic N) is 1. The van der Waals surface area contributed by atoms with E-state index in [0.29, 0.717) is 6.41 Å². The zero-order valence-electron chi connectivity index (χ0n) is 2.96. The fraction of sp³-hybridized carbons (Fsp3) is 0. The molecule has 4 nitrogen and oxygen atoms in total. The molecule has 5 heteroatoms. The van der Waals surface area contributed by atoms with Crippen molar-refractivity contribution in [1.29, 1.82) is 0 Å². The lowest BCUT2D eigenvalue weighted by Crippen LogP contribution is -2.34. The van der Waals surface area contributed by atoms with Crippen LogP contribution in [0.2, 0.25) is 0 Å². The van der Waals surface area contributed by atoms with Crippen LogP contribution in [0, 0.1) is 0 Å². The normalized spacial score (nSPS) is 7.67. The van der Waals surface area contributed by atoms with Crippen molar-refractivity contribution < 1.29 is 4.79 Å². The van der Waals surface area contributed by atoms with Gasteiger partial charge in [-0.05, 0) is 12.8 Å². The molecule has 6 heavy (non-hydrogen) atoms. The molecule has 36 valence electrons. The summed E-state index contributed by atoms with van der Waals surface area (Å²) in [5, 5.41) is 0. The maximum absolute atomic E-state index is 9.44. The van der Waals surface area contributed by atoms with Crippen LogP contribution in [0.4, 0.5) is 0 Å². The van der Waals surface area contributed by atoms with Gasteiger partial charge in [-0.15, -0.1) is 0 Å². The van der Waals surface area contributed by atoms with E-state index in [1.54, 1.807) is 0 Å². The molecule has 0 radical (unpaired) electrons. The van der Waals surface area contributed by atoms with E-state index in [1.165, 1.54) is 0 Å². The van der Waals surface area contributed by atoms with Gasteiger partial charge in [0.05, 0.1) is 0 Å². The Kier molecular flexibility index (Phi) is 2.82. The van der Waals surface area contributed by atoms with Gasteiger partial charge >= 0.3 is 0 Å². The third-order valence-electron chi connectivity index (χ3n) is 0.232. The Hall–Kier alpha value is -0.260. The molecular weight excluding hydrogens is 102 g/mol. The molecule has 0 unspecified atom stereocenters. The van der Waals surface area contributed by atoms with Gasteiger partial charge in [-0.25, -0.2) is 4.41 Å². The molecule has 0 bridgehead atoms.